The minimum absolute atomic E-state index is 0.210. The number of carbonyl (C=O) groups is 2. The lowest BCUT2D eigenvalue weighted by Crippen LogP contribution is -2.22. The van der Waals surface area contributed by atoms with Crippen LogP contribution in [-0.2, 0) is 0 Å². The second-order valence-corrected chi connectivity index (χ2v) is 6.07. The molecule has 0 aliphatic rings. The van der Waals surface area contributed by atoms with Gasteiger partial charge in [-0.3, -0.25) is 9.59 Å². The van der Waals surface area contributed by atoms with E-state index in [-0.39, 0.29) is 11.8 Å². The molecule has 0 atom stereocenters. The summed E-state index contributed by atoms with van der Waals surface area (Å²) >= 11 is 6.07. The number of carbonyl (C=O) groups excluding carboxylic acids is 2. The van der Waals surface area contributed by atoms with Crippen molar-refractivity contribution in [3.8, 4) is 0 Å². The Balaban J connectivity index is 2.30. The SMILES string of the molecule is Cc1ccc(C)c(C(=O)Nc2ccc(Cl)c(C(=O)N(C)C)c2)c1. The van der Waals surface area contributed by atoms with Crippen molar-refractivity contribution in [1.82, 2.24) is 4.90 Å². The third kappa shape index (κ3) is 3.90. The maximum absolute atomic E-state index is 12.4. The number of nitrogens with one attached hydrogen (secondary N) is 1. The summed E-state index contributed by atoms with van der Waals surface area (Å²) in [5.74, 6) is -0.422. The lowest BCUT2D eigenvalue weighted by atomic mass is 10.0. The molecule has 0 aliphatic carbocycles. The van der Waals surface area contributed by atoms with E-state index in [2.05, 4.69) is 5.32 Å². The van der Waals surface area contributed by atoms with Crippen LogP contribution in [0, 0.1) is 13.8 Å². The molecular formula is C18H19ClN2O2. The first-order valence-electron chi connectivity index (χ1n) is 7.19. The van der Waals surface area contributed by atoms with Crippen LogP contribution in [-0.4, -0.2) is 30.8 Å². The Hall–Kier alpha value is -2.33. The van der Waals surface area contributed by atoms with Crippen LogP contribution in [0.5, 0.6) is 0 Å². The molecule has 0 saturated carbocycles. The van der Waals surface area contributed by atoms with Gasteiger partial charge in [0.25, 0.3) is 11.8 Å². The molecule has 0 spiro atoms. The molecule has 5 heteroatoms. The Morgan fingerprint density at radius 1 is 1.00 bits per heavy atom. The highest BCUT2D eigenvalue weighted by Gasteiger charge is 2.15. The third-order valence-corrected chi connectivity index (χ3v) is 3.83. The molecule has 0 aliphatic heterocycles. The molecule has 0 aromatic heterocycles. The quantitative estimate of drug-likeness (QED) is 0.927. The van der Waals surface area contributed by atoms with E-state index in [4.69, 9.17) is 11.6 Å². The van der Waals surface area contributed by atoms with Crippen LogP contribution in [0.25, 0.3) is 0 Å². The van der Waals surface area contributed by atoms with E-state index in [9.17, 15) is 9.59 Å². The normalized spacial score (nSPS) is 10.3. The molecule has 0 heterocycles. The molecule has 0 saturated heterocycles. The predicted molar refractivity (Wildman–Crippen MR) is 93.3 cm³/mol. The highest BCUT2D eigenvalue weighted by molar-refractivity contribution is 6.34. The summed E-state index contributed by atoms with van der Waals surface area (Å²) in [6.07, 6.45) is 0. The van der Waals surface area contributed by atoms with Crippen LogP contribution >= 0.6 is 11.6 Å². The van der Waals surface area contributed by atoms with Crippen LogP contribution in [0.15, 0.2) is 36.4 Å². The van der Waals surface area contributed by atoms with Crippen LogP contribution in [0.1, 0.15) is 31.8 Å². The van der Waals surface area contributed by atoms with Crippen molar-refractivity contribution in [2.75, 3.05) is 19.4 Å². The van der Waals surface area contributed by atoms with E-state index in [0.29, 0.717) is 21.8 Å². The molecule has 120 valence electrons. The highest BCUT2D eigenvalue weighted by Crippen LogP contribution is 2.22. The van der Waals surface area contributed by atoms with Gasteiger partial charge in [-0.25, -0.2) is 0 Å². The molecule has 0 fully saturated rings. The van der Waals surface area contributed by atoms with E-state index < -0.39 is 0 Å². The van der Waals surface area contributed by atoms with Gasteiger partial charge in [-0.15, -0.1) is 0 Å². The van der Waals surface area contributed by atoms with E-state index in [1.54, 1.807) is 32.3 Å². The van der Waals surface area contributed by atoms with Crippen LogP contribution in [0.2, 0.25) is 5.02 Å². The van der Waals surface area contributed by atoms with Crippen LogP contribution in [0.3, 0.4) is 0 Å². The monoisotopic (exact) mass is 330 g/mol. The Kier molecular flexibility index (Phi) is 5.06. The lowest BCUT2D eigenvalue weighted by molar-refractivity contribution is 0.0827. The van der Waals surface area contributed by atoms with Gasteiger partial charge < -0.3 is 10.2 Å². The van der Waals surface area contributed by atoms with Gasteiger partial charge in [0.1, 0.15) is 0 Å². The first kappa shape index (κ1) is 17.0. The fourth-order valence-electron chi connectivity index (χ4n) is 2.19. The summed E-state index contributed by atoms with van der Waals surface area (Å²) in [5, 5.41) is 3.17. The lowest BCUT2D eigenvalue weighted by Gasteiger charge is -2.14. The maximum Gasteiger partial charge on any atom is 0.255 e. The third-order valence-electron chi connectivity index (χ3n) is 3.50. The second kappa shape index (κ2) is 6.84. The van der Waals surface area contributed by atoms with Crippen LogP contribution in [0.4, 0.5) is 5.69 Å². The topological polar surface area (TPSA) is 49.4 Å². The smallest absolute Gasteiger partial charge is 0.255 e. The van der Waals surface area contributed by atoms with Gasteiger partial charge in [0.05, 0.1) is 10.6 Å². The van der Waals surface area contributed by atoms with E-state index in [1.807, 2.05) is 32.0 Å². The van der Waals surface area contributed by atoms with Crippen molar-refractivity contribution in [3.63, 3.8) is 0 Å². The van der Waals surface area contributed by atoms with E-state index in [0.717, 1.165) is 11.1 Å². The first-order chi connectivity index (χ1) is 10.8. The van der Waals surface area contributed by atoms with Gasteiger partial charge in [-0.05, 0) is 43.7 Å². The molecule has 2 aromatic carbocycles. The zero-order valence-corrected chi connectivity index (χ0v) is 14.4. The molecule has 4 nitrogen and oxygen atoms in total. The molecule has 0 radical (unpaired) electrons. The number of hydrogen-bond acceptors (Lipinski definition) is 2. The van der Waals surface area contributed by atoms with Gasteiger partial charge in [-0.2, -0.15) is 0 Å². The maximum atomic E-state index is 12.4. The standard InChI is InChI=1S/C18H19ClN2O2/c1-11-5-6-12(2)14(9-11)17(22)20-13-7-8-16(19)15(10-13)18(23)21(3)4/h5-10H,1-4H3,(H,20,22). The molecule has 1 N–H and O–H groups in total. The Labute approximate surface area is 141 Å². The largest absolute Gasteiger partial charge is 0.345 e. The second-order valence-electron chi connectivity index (χ2n) is 5.67. The highest BCUT2D eigenvalue weighted by atomic mass is 35.5. The van der Waals surface area contributed by atoms with Gasteiger partial charge in [-0.1, -0.05) is 29.3 Å². The predicted octanol–water partition coefficient (Wildman–Crippen LogP) is 3.91. The number of halogens is 1. The van der Waals surface area contributed by atoms with Crippen molar-refractivity contribution < 1.29 is 9.59 Å². The molecule has 0 unspecified atom stereocenters. The summed E-state index contributed by atoms with van der Waals surface area (Å²) in [7, 11) is 3.31. The summed E-state index contributed by atoms with van der Waals surface area (Å²) in [6.45, 7) is 3.82. The van der Waals surface area contributed by atoms with E-state index in [1.165, 1.54) is 4.90 Å². The van der Waals surface area contributed by atoms with Crippen molar-refractivity contribution in [3.05, 3.63) is 63.7 Å². The molecule has 2 aromatic rings. The zero-order chi connectivity index (χ0) is 17.1. The average Bonchev–Trinajstić information content (AvgIpc) is 2.50. The molecule has 2 amide bonds. The molecule has 23 heavy (non-hydrogen) atoms. The minimum atomic E-state index is -0.211. The Morgan fingerprint density at radius 2 is 1.70 bits per heavy atom. The van der Waals surface area contributed by atoms with Crippen molar-refractivity contribution in [2.45, 2.75) is 13.8 Å². The number of hydrogen-bond donors (Lipinski definition) is 1. The van der Waals surface area contributed by atoms with Crippen LogP contribution < -0.4 is 5.32 Å². The van der Waals surface area contributed by atoms with E-state index >= 15 is 0 Å². The average molecular weight is 331 g/mol. The molecule has 2 rings (SSSR count). The first-order valence-corrected chi connectivity index (χ1v) is 7.57. The summed E-state index contributed by atoms with van der Waals surface area (Å²) < 4.78 is 0. The van der Waals surface area contributed by atoms with Gasteiger partial charge >= 0.3 is 0 Å². The van der Waals surface area contributed by atoms with Crippen molar-refractivity contribution in [1.29, 1.82) is 0 Å². The zero-order valence-electron chi connectivity index (χ0n) is 13.6. The summed E-state index contributed by atoms with van der Waals surface area (Å²) in [5.41, 5.74) is 3.41. The van der Waals surface area contributed by atoms with Crippen molar-refractivity contribution >= 4 is 29.1 Å². The minimum Gasteiger partial charge on any atom is -0.345 e. The fraction of sp³-hybridized carbons (Fsp3) is 0.222. The molecular weight excluding hydrogens is 312 g/mol. The number of anilines is 1. The molecule has 0 bridgehead atoms. The van der Waals surface area contributed by atoms with Gasteiger partial charge in [0.2, 0.25) is 0 Å². The fourth-order valence-corrected chi connectivity index (χ4v) is 2.39. The van der Waals surface area contributed by atoms with Crippen molar-refractivity contribution in [2.24, 2.45) is 0 Å². The number of benzene rings is 2. The number of nitrogens with zero attached hydrogens (tertiary/aromatic N) is 1. The summed E-state index contributed by atoms with van der Waals surface area (Å²) in [6, 6.07) is 10.6. The Morgan fingerprint density at radius 3 is 2.35 bits per heavy atom. The summed E-state index contributed by atoms with van der Waals surface area (Å²) in [4.78, 5) is 26.0. The number of amides is 2. The van der Waals surface area contributed by atoms with Gasteiger partial charge in [0.15, 0.2) is 0 Å². The van der Waals surface area contributed by atoms with Gasteiger partial charge in [0, 0.05) is 25.3 Å². The number of aryl methyl sites for hydroxylation is 2. The number of rotatable bonds is 3. The Bertz CT molecular complexity index is 770.